The first-order valence-corrected chi connectivity index (χ1v) is 5.96. The average molecular weight is 269 g/mol. The van der Waals surface area contributed by atoms with Crippen molar-refractivity contribution in [3.05, 3.63) is 52.1 Å². The second-order valence-electron chi connectivity index (χ2n) is 4.47. The molecule has 0 radical (unpaired) electrons. The summed E-state index contributed by atoms with van der Waals surface area (Å²) >= 11 is 0. The minimum atomic E-state index is -0.475. The predicted molar refractivity (Wildman–Crippen MR) is 75.2 cm³/mol. The Morgan fingerprint density at radius 3 is 2.80 bits per heavy atom. The molecule has 0 atom stereocenters. The standard InChI is InChI=1S/C14H11N3O3/c1-8-3-2-4-12-13(8)20-14(16-12)10-7-9(17(18)19)5-6-11(10)15/h2-7H,15H2,1H3. The summed E-state index contributed by atoms with van der Waals surface area (Å²) in [5, 5.41) is 10.8. The normalized spacial score (nSPS) is 10.8. The molecule has 100 valence electrons. The maximum Gasteiger partial charge on any atom is 0.270 e. The van der Waals surface area contributed by atoms with Crippen LogP contribution in [0.1, 0.15) is 5.56 Å². The number of fused-ring (bicyclic) bond motifs is 1. The zero-order valence-corrected chi connectivity index (χ0v) is 10.7. The van der Waals surface area contributed by atoms with Crippen LogP contribution in [0, 0.1) is 17.0 Å². The molecule has 6 nitrogen and oxygen atoms in total. The Morgan fingerprint density at radius 2 is 2.10 bits per heavy atom. The predicted octanol–water partition coefficient (Wildman–Crippen LogP) is 3.29. The Kier molecular flexibility index (Phi) is 2.64. The van der Waals surface area contributed by atoms with Gasteiger partial charge in [0, 0.05) is 17.8 Å². The van der Waals surface area contributed by atoms with E-state index in [0.717, 1.165) is 5.56 Å². The number of aryl methyl sites for hydroxylation is 1. The molecule has 1 aromatic heterocycles. The molecule has 0 saturated heterocycles. The van der Waals surface area contributed by atoms with Crippen LogP contribution in [0.15, 0.2) is 40.8 Å². The number of para-hydroxylation sites is 1. The maximum atomic E-state index is 10.8. The number of anilines is 1. The highest BCUT2D eigenvalue weighted by Crippen LogP contribution is 2.32. The van der Waals surface area contributed by atoms with Crippen LogP contribution in [0.5, 0.6) is 0 Å². The maximum absolute atomic E-state index is 10.8. The van der Waals surface area contributed by atoms with Crippen LogP contribution in [0.3, 0.4) is 0 Å². The molecule has 0 aliphatic rings. The molecule has 3 aromatic rings. The van der Waals surface area contributed by atoms with Crippen molar-refractivity contribution in [3.63, 3.8) is 0 Å². The Hall–Kier alpha value is -2.89. The van der Waals surface area contributed by atoms with Crippen molar-refractivity contribution in [2.45, 2.75) is 6.92 Å². The number of rotatable bonds is 2. The van der Waals surface area contributed by atoms with Crippen LogP contribution in [0.2, 0.25) is 0 Å². The Bertz CT molecular complexity index is 824. The third kappa shape index (κ3) is 1.87. The molecule has 0 aliphatic carbocycles. The number of non-ortho nitro benzene ring substituents is 1. The van der Waals surface area contributed by atoms with Gasteiger partial charge in [0.2, 0.25) is 5.89 Å². The lowest BCUT2D eigenvalue weighted by atomic mass is 10.1. The molecule has 0 amide bonds. The number of aromatic nitrogens is 1. The van der Waals surface area contributed by atoms with Crippen molar-refractivity contribution in [2.75, 3.05) is 5.73 Å². The van der Waals surface area contributed by atoms with Gasteiger partial charge >= 0.3 is 0 Å². The lowest BCUT2D eigenvalue weighted by Crippen LogP contribution is -1.93. The monoisotopic (exact) mass is 269 g/mol. The summed E-state index contributed by atoms with van der Waals surface area (Å²) in [7, 11) is 0. The van der Waals surface area contributed by atoms with Gasteiger partial charge in [-0.25, -0.2) is 4.98 Å². The first-order chi connectivity index (χ1) is 9.56. The van der Waals surface area contributed by atoms with Gasteiger partial charge in [0.1, 0.15) is 5.52 Å². The number of nitro benzene ring substituents is 1. The molecular formula is C14H11N3O3. The van der Waals surface area contributed by atoms with Gasteiger partial charge in [-0.3, -0.25) is 10.1 Å². The average Bonchev–Trinajstić information content (AvgIpc) is 2.84. The molecule has 6 heteroatoms. The van der Waals surface area contributed by atoms with Gasteiger partial charge in [0.15, 0.2) is 5.58 Å². The van der Waals surface area contributed by atoms with Gasteiger partial charge < -0.3 is 10.2 Å². The molecular weight excluding hydrogens is 258 g/mol. The van der Waals surface area contributed by atoms with Crippen molar-refractivity contribution in [1.82, 2.24) is 4.98 Å². The number of nitrogens with two attached hydrogens (primary N) is 1. The summed E-state index contributed by atoms with van der Waals surface area (Å²) in [6, 6.07) is 9.81. The van der Waals surface area contributed by atoms with E-state index in [1.54, 1.807) is 0 Å². The van der Waals surface area contributed by atoms with Gasteiger partial charge in [-0.05, 0) is 24.6 Å². The Labute approximate surface area is 114 Å². The fourth-order valence-electron chi connectivity index (χ4n) is 2.04. The molecule has 0 spiro atoms. The van der Waals surface area contributed by atoms with E-state index in [4.69, 9.17) is 10.2 Å². The van der Waals surface area contributed by atoms with E-state index in [2.05, 4.69) is 4.98 Å². The van der Waals surface area contributed by atoms with Crippen molar-refractivity contribution in [2.24, 2.45) is 0 Å². The van der Waals surface area contributed by atoms with Crippen LogP contribution in [-0.2, 0) is 0 Å². The molecule has 0 aliphatic heterocycles. The van der Waals surface area contributed by atoms with Crippen molar-refractivity contribution in [3.8, 4) is 11.5 Å². The van der Waals surface area contributed by atoms with Crippen LogP contribution in [-0.4, -0.2) is 9.91 Å². The second-order valence-corrected chi connectivity index (χ2v) is 4.47. The topological polar surface area (TPSA) is 95.2 Å². The number of hydrogen-bond acceptors (Lipinski definition) is 5. The van der Waals surface area contributed by atoms with E-state index in [1.807, 2.05) is 25.1 Å². The van der Waals surface area contributed by atoms with Crippen LogP contribution in [0.4, 0.5) is 11.4 Å². The summed E-state index contributed by atoms with van der Waals surface area (Å²) in [5.41, 5.74) is 8.94. The second kappa shape index (κ2) is 4.34. The number of oxazole rings is 1. The quantitative estimate of drug-likeness (QED) is 0.437. The first-order valence-electron chi connectivity index (χ1n) is 5.96. The smallest absolute Gasteiger partial charge is 0.270 e. The summed E-state index contributed by atoms with van der Waals surface area (Å²) in [5.74, 6) is 0.288. The number of nitrogens with zero attached hydrogens (tertiary/aromatic N) is 2. The van der Waals surface area contributed by atoms with Crippen molar-refractivity contribution >= 4 is 22.5 Å². The van der Waals surface area contributed by atoms with E-state index in [0.29, 0.717) is 22.4 Å². The van der Waals surface area contributed by atoms with Gasteiger partial charge in [-0.15, -0.1) is 0 Å². The largest absolute Gasteiger partial charge is 0.436 e. The highest BCUT2D eigenvalue weighted by atomic mass is 16.6. The van der Waals surface area contributed by atoms with Gasteiger partial charge in [-0.1, -0.05) is 12.1 Å². The molecule has 1 heterocycles. The van der Waals surface area contributed by atoms with E-state index in [-0.39, 0.29) is 11.6 Å². The molecule has 2 aromatic carbocycles. The first kappa shape index (κ1) is 12.2. The fourth-order valence-corrected chi connectivity index (χ4v) is 2.04. The molecule has 20 heavy (non-hydrogen) atoms. The molecule has 3 rings (SSSR count). The highest BCUT2D eigenvalue weighted by Gasteiger charge is 2.16. The zero-order valence-electron chi connectivity index (χ0n) is 10.7. The third-order valence-electron chi connectivity index (χ3n) is 3.09. The lowest BCUT2D eigenvalue weighted by Gasteiger charge is -2.00. The SMILES string of the molecule is Cc1cccc2nc(-c3cc([N+](=O)[O-])ccc3N)oc12. The third-order valence-corrected chi connectivity index (χ3v) is 3.09. The summed E-state index contributed by atoms with van der Waals surface area (Å²) in [4.78, 5) is 14.7. The van der Waals surface area contributed by atoms with Crippen LogP contribution in [0.25, 0.3) is 22.6 Å². The minimum absolute atomic E-state index is 0.0480. The highest BCUT2D eigenvalue weighted by molar-refractivity contribution is 5.82. The van der Waals surface area contributed by atoms with Crippen LogP contribution >= 0.6 is 0 Å². The van der Waals surface area contributed by atoms with E-state index in [9.17, 15) is 10.1 Å². The van der Waals surface area contributed by atoms with Gasteiger partial charge in [-0.2, -0.15) is 0 Å². The van der Waals surface area contributed by atoms with E-state index < -0.39 is 4.92 Å². The number of nitrogen functional groups attached to an aromatic ring is 1. The Balaban J connectivity index is 2.22. The molecule has 0 saturated carbocycles. The van der Waals surface area contributed by atoms with Crippen molar-refractivity contribution < 1.29 is 9.34 Å². The Morgan fingerprint density at radius 1 is 1.30 bits per heavy atom. The lowest BCUT2D eigenvalue weighted by molar-refractivity contribution is -0.384. The number of benzene rings is 2. The molecule has 0 fully saturated rings. The minimum Gasteiger partial charge on any atom is -0.436 e. The number of hydrogen-bond donors (Lipinski definition) is 1. The summed E-state index contributed by atoms with van der Waals surface area (Å²) in [6.45, 7) is 1.91. The van der Waals surface area contributed by atoms with E-state index in [1.165, 1.54) is 18.2 Å². The van der Waals surface area contributed by atoms with Gasteiger partial charge in [0.05, 0.1) is 10.5 Å². The summed E-state index contributed by atoms with van der Waals surface area (Å²) in [6.07, 6.45) is 0. The number of nitro groups is 1. The summed E-state index contributed by atoms with van der Waals surface area (Å²) < 4.78 is 5.69. The van der Waals surface area contributed by atoms with Gasteiger partial charge in [0.25, 0.3) is 5.69 Å². The van der Waals surface area contributed by atoms with E-state index >= 15 is 0 Å². The molecule has 0 bridgehead atoms. The molecule has 0 unspecified atom stereocenters. The molecule has 2 N–H and O–H groups in total. The van der Waals surface area contributed by atoms with Crippen molar-refractivity contribution in [1.29, 1.82) is 0 Å². The van der Waals surface area contributed by atoms with Crippen LogP contribution < -0.4 is 5.73 Å². The fraction of sp³-hybridized carbons (Fsp3) is 0.0714. The zero-order chi connectivity index (χ0) is 14.3.